The number of carbonyl (C=O) groups excluding carboxylic acids is 5. The van der Waals surface area contributed by atoms with Crippen molar-refractivity contribution in [2.24, 2.45) is 0 Å². The minimum Gasteiger partial charge on any atom is -0.481 e. The number of carbonyl (C=O) groups is 6. The van der Waals surface area contributed by atoms with Crippen LogP contribution in [0.3, 0.4) is 0 Å². The summed E-state index contributed by atoms with van der Waals surface area (Å²) in [5, 5.41) is 22.5. The van der Waals surface area contributed by atoms with Crippen LogP contribution in [-0.2, 0) is 41.7 Å². The van der Waals surface area contributed by atoms with Gasteiger partial charge in [0, 0.05) is 32.0 Å². The van der Waals surface area contributed by atoms with Crippen molar-refractivity contribution in [1.29, 1.82) is 0 Å². The highest BCUT2D eigenvalue weighted by Gasteiger charge is 2.30. The second kappa shape index (κ2) is 19.6. The van der Waals surface area contributed by atoms with E-state index in [-0.39, 0.29) is 51.4 Å². The van der Waals surface area contributed by atoms with Crippen LogP contribution in [0, 0.1) is 0 Å². The van der Waals surface area contributed by atoms with Gasteiger partial charge in [-0.15, -0.1) is 0 Å². The first-order valence-electron chi connectivity index (χ1n) is 18.8. The maximum atomic E-state index is 13.2. The number of hydrogen-bond donors (Lipinski definition) is 6. The summed E-state index contributed by atoms with van der Waals surface area (Å²) in [6.07, 6.45) is -2.71. The quantitative estimate of drug-likeness (QED) is 0.100. The first kappa shape index (κ1) is 43.6. The van der Waals surface area contributed by atoms with Crippen LogP contribution in [0.4, 0.5) is 14.4 Å². The molecule has 1 aliphatic carbocycles. The van der Waals surface area contributed by atoms with Crippen LogP contribution < -0.4 is 26.6 Å². The van der Waals surface area contributed by atoms with Gasteiger partial charge < -0.3 is 45.9 Å². The standard InChI is InChI=1S/C42H53N5O10/c1-41(2,3)56-38(52)43-22-21-34(47-40(54)57-42(4,5)6)37(51)45-24-27-17-15-26(16-18-27)23-44-36(50)33(19-20-35(48)49)46-39(53)55-25-32-30-13-9-7-11-28(30)29-12-8-10-14-31(29)32/h7-18,32-34H,19-25H2,1-6H3,(H,43,52)(H,44,50)(H,45,51)(H,46,53)(H,47,54)(H,48,49)/t33-,34-/m0/s1. The Morgan fingerprint density at radius 1 is 0.614 bits per heavy atom. The predicted molar refractivity (Wildman–Crippen MR) is 211 cm³/mol. The maximum absolute atomic E-state index is 13.2. The summed E-state index contributed by atoms with van der Waals surface area (Å²) in [4.78, 5) is 75.2. The molecule has 3 aromatic rings. The number of rotatable bonds is 16. The molecule has 4 rings (SSSR count). The Kier molecular flexibility index (Phi) is 15.0. The number of ether oxygens (including phenoxy) is 3. The number of hydrogen-bond acceptors (Lipinski definition) is 9. The fraction of sp³-hybridized carbons (Fsp3) is 0.429. The highest BCUT2D eigenvalue weighted by atomic mass is 16.6. The zero-order chi connectivity index (χ0) is 41.8. The number of benzene rings is 3. The lowest BCUT2D eigenvalue weighted by Gasteiger charge is -2.24. The SMILES string of the molecule is CC(C)(C)OC(=O)NCC[C@H](NC(=O)OC(C)(C)C)C(=O)NCc1ccc(CNC(=O)[C@H](CCC(=O)O)NC(=O)OCC2c3ccccc3-c3ccccc32)cc1. The molecule has 15 heteroatoms. The number of carboxylic acids is 1. The Morgan fingerprint density at radius 3 is 1.56 bits per heavy atom. The normalized spacial score (nSPS) is 13.2. The third-order valence-corrected chi connectivity index (χ3v) is 8.66. The molecule has 0 aromatic heterocycles. The van der Waals surface area contributed by atoms with Gasteiger partial charge in [-0.05, 0) is 87.8 Å². The number of fused-ring (bicyclic) bond motifs is 3. The zero-order valence-corrected chi connectivity index (χ0v) is 33.2. The van der Waals surface area contributed by atoms with Crippen LogP contribution in [-0.4, -0.2) is 77.6 Å². The smallest absolute Gasteiger partial charge is 0.408 e. The molecule has 0 radical (unpaired) electrons. The highest BCUT2D eigenvalue weighted by Crippen LogP contribution is 2.44. The molecule has 0 unspecified atom stereocenters. The van der Waals surface area contributed by atoms with Gasteiger partial charge in [-0.2, -0.15) is 0 Å². The molecule has 57 heavy (non-hydrogen) atoms. The maximum Gasteiger partial charge on any atom is 0.408 e. The number of nitrogens with one attached hydrogen (secondary N) is 5. The van der Waals surface area contributed by atoms with E-state index in [1.165, 1.54) is 0 Å². The Morgan fingerprint density at radius 2 is 1.07 bits per heavy atom. The van der Waals surface area contributed by atoms with Crippen molar-refractivity contribution >= 4 is 36.1 Å². The minimum atomic E-state index is -1.16. The Bertz CT molecular complexity index is 1860. The van der Waals surface area contributed by atoms with Crippen LogP contribution in [0.1, 0.15) is 89.0 Å². The van der Waals surface area contributed by atoms with E-state index in [1.54, 1.807) is 65.8 Å². The number of aliphatic carboxylic acids is 1. The molecule has 2 atom stereocenters. The Balaban J connectivity index is 1.29. The number of amides is 5. The van der Waals surface area contributed by atoms with Gasteiger partial charge in [0.15, 0.2) is 0 Å². The summed E-state index contributed by atoms with van der Waals surface area (Å²) in [5.41, 5.74) is 4.13. The second-order valence-electron chi connectivity index (χ2n) is 15.6. The van der Waals surface area contributed by atoms with Crippen molar-refractivity contribution in [3.63, 3.8) is 0 Å². The lowest BCUT2D eigenvalue weighted by atomic mass is 9.98. The summed E-state index contributed by atoms with van der Waals surface area (Å²) in [5.74, 6) is -2.38. The molecular formula is C42H53N5O10. The largest absolute Gasteiger partial charge is 0.481 e. The van der Waals surface area contributed by atoms with Crippen molar-refractivity contribution < 1.29 is 48.1 Å². The summed E-state index contributed by atoms with van der Waals surface area (Å²) >= 11 is 0. The number of alkyl carbamates (subject to hydrolysis) is 3. The van der Waals surface area contributed by atoms with E-state index in [1.807, 2.05) is 48.5 Å². The van der Waals surface area contributed by atoms with Crippen LogP contribution in [0.15, 0.2) is 72.8 Å². The van der Waals surface area contributed by atoms with E-state index in [0.29, 0.717) is 5.56 Å². The first-order valence-corrected chi connectivity index (χ1v) is 18.8. The van der Waals surface area contributed by atoms with Gasteiger partial charge in [-0.25, -0.2) is 14.4 Å². The van der Waals surface area contributed by atoms with E-state index in [2.05, 4.69) is 26.6 Å². The van der Waals surface area contributed by atoms with E-state index < -0.39 is 59.3 Å². The molecule has 0 saturated heterocycles. The third kappa shape index (κ3) is 14.2. The Hall–Kier alpha value is -6.12. The van der Waals surface area contributed by atoms with Crippen LogP contribution in [0.5, 0.6) is 0 Å². The second-order valence-corrected chi connectivity index (χ2v) is 15.6. The molecule has 6 N–H and O–H groups in total. The Labute approximate surface area is 332 Å². The van der Waals surface area contributed by atoms with Gasteiger partial charge in [0.25, 0.3) is 0 Å². The molecular weight excluding hydrogens is 734 g/mol. The molecule has 5 amide bonds. The lowest BCUT2D eigenvalue weighted by Crippen LogP contribution is -2.49. The first-order chi connectivity index (χ1) is 26.9. The molecule has 0 fully saturated rings. The van der Waals surface area contributed by atoms with Gasteiger partial charge in [-0.1, -0.05) is 72.8 Å². The van der Waals surface area contributed by atoms with Crippen molar-refractivity contribution in [1.82, 2.24) is 26.6 Å². The highest BCUT2D eigenvalue weighted by molar-refractivity contribution is 5.87. The summed E-state index contributed by atoms with van der Waals surface area (Å²) in [6.45, 7) is 10.5. The van der Waals surface area contributed by atoms with E-state index in [4.69, 9.17) is 14.2 Å². The zero-order valence-electron chi connectivity index (χ0n) is 33.2. The summed E-state index contributed by atoms with van der Waals surface area (Å²) in [6, 6.07) is 20.6. The van der Waals surface area contributed by atoms with Gasteiger partial charge in [-0.3, -0.25) is 14.4 Å². The molecule has 15 nitrogen and oxygen atoms in total. The van der Waals surface area contributed by atoms with Crippen molar-refractivity contribution in [3.05, 3.63) is 95.1 Å². The van der Waals surface area contributed by atoms with Crippen LogP contribution in [0.2, 0.25) is 0 Å². The molecule has 0 heterocycles. The van der Waals surface area contributed by atoms with Crippen molar-refractivity contribution in [3.8, 4) is 11.1 Å². The van der Waals surface area contributed by atoms with E-state index in [9.17, 15) is 33.9 Å². The monoisotopic (exact) mass is 787 g/mol. The predicted octanol–water partition coefficient (Wildman–Crippen LogP) is 5.50. The fourth-order valence-corrected chi connectivity index (χ4v) is 6.07. The van der Waals surface area contributed by atoms with E-state index >= 15 is 0 Å². The average molecular weight is 788 g/mol. The summed E-state index contributed by atoms with van der Waals surface area (Å²) in [7, 11) is 0. The van der Waals surface area contributed by atoms with Gasteiger partial charge >= 0.3 is 24.2 Å². The molecule has 0 aliphatic heterocycles. The molecule has 0 saturated carbocycles. The fourth-order valence-electron chi connectivity index (χ4n) is 6.07. The molecule has 1 aliphatic rings. The minimum absolute atomic E-state index is 0.0339. The van der Waals surface area contributed by atoms with E-state index in [0.717, 1.165) is 27.8 Å². The molecule has 0 bridgehead atoms. The van der Waals surface area contributed by atoms with Crippen LogP contribution in [0.25, 0.3) is 11.1 Å². The lowest BCUT2D eigenvalue weighted by molar-refractivity contribution is -0.137. The van der Waals surface area contributed by atoms with Crippen molar-refractivity contribution in [2.75, 3.05) is 13.2 Å². The third-order valence-electron chi connectivity index (χ3n) is 8.66. The van der Waals surface area contributed by atoms with Crippen molar-refractivity contribution in [2.45, 2.75) is 103 Å². The molecule has 3 aromatic carbocycles. The topological polar surface area (TPSA) is 210 Å². The van der Waals surface area contributed by atoms with Gasteiger partial charge in [0.05, 0.1) is 0 Å². The molecule has 0 spiro atoms. The van der Waals surface area contributed by atoms with Gasteiger partial charge in [0.1, 0.15) is 29.9 Å². The summed E-state index contributed by atoms with van der Waals surface area (Å²) < 4.78 is 16.1. The number of carboxylic acid groups (broad SMARTS) is 1. The molecule has 306 valence electrons. The van der Waals surface area contributed by atoms with Crippen LogP contribution >= 0.6 is 0 Å². The average Bonchev–Trinajstić information content (AvgIpc) is 3.45. The van der Waals surface area contributed by atoms with Gasteiger partial charge in [0.2, 0.25) is 11.8 Å².